The molecule has 2 saturated heterocycles. The van der Waals surface area contributed by atoms with Crippen molar-refractivity contribution in [2.45, 2.75) is 78.1 Å². The summed E-state index contributed by atoms with van der Waals surface area (Å²) in [6.45, 7) is 11.6. The van der Waals surface area contributed by atoms with Gasteiger partial charge in [0.1, 0.15) is 5.60 Å². The zero-order chi connectivity index (χ0) is 21.7. The molecule has 1 aromatic rings. The Morgan fingerprint density at radius 2 is 1.77 bits per heavy atom. The largest absolute Gasteiger partial charge is 0.444 e. The predicted octanol–water partition coefficient (Wildman–Crippen LogP) is 3.93. The van der Waals surface area contributed by atoms with Gasteiger partial charge in [-0.05, 0) is 64.6 Å². The van der Waals surface area contributed by atoms with Crippen LogP contribution < -0.4 is 5.32 Å². The third kappa shape index (κ3) is 6.46. The molecule has 2 amide bonds. The molecule has 2 atom stereocenters. The van der Waals surface area contributed by atoms with Crippen LogP contribution >= 0.6 is 0 Å². The van der Waals surface area contributed by atoms with Crippen molar-refractivity contribution < 1.29 is 14.3 Å². The third-order valence-electron chi connectivity index (χ3n) is 6.03. The first-order valence-corrected chi connectivity index (χ1v) is 11.3. The number of nitrogens with one attached hydrogen (secondary N) is 1. The van der Waals surface area contributed by atoms with E-state index in [1.807, 2.05) is 20.8 Å². The Bertz CT molecular complexity index is 726. The van der Waals surface area contributed by atoms with Crippen molar-refractivity contribution in [2.75, 3.05) is 19.6 Å². The number of amides is 2. The fourth-order valence-corrected chi connectivity index (χ4v) is 4.19. The number of carbonyl (C=O) groups is 2. The molecule has 0 saturated carbocycles. The van der Waals surface area contributed by atoms with Crippen LogP contribution in [0.1, 0.15) is 64.5 Å². The number of rotatable bonds is 5. The molecule has 2 unspecified atom stereocenters. The second kappa shape index (κ2) is 9.82. The molecule has 1 N–H and O–H groups in total. The van der Waals surface area contributed by atoms with Gasteiger partial charge in [-0.1, -0.05) is 30.7 Å². The lowest BCUT2D eigenvalue weighted by molar-refractivity contribution is -0.124. The lowest BCUT2D eigenvalue weighted by atomic mass is 10.0. The molecule has 0 aromatic heterocycles. The quantitative estimate of drug-likeness (QED) is 0.791. The minimum absolute atomic E-state index is 0.00674. The SMILES string of the molecule is CC1CCCCN1Cc1ccc(CNC(=O)C2CCN(C(=O)OC(C)(C)C)C2)cc1. The van der Waals surface area contributed by atoms with Gasteiger partial charge in [-0.15, -0.1) is 0 Å². The molecule has 0 bridgehead atoms. The fourth-order valence-electron chi connectivity index (χ4n) is 4.19. The summed E-state index contributed by atoms with van der Waals surface area (Å²) in [7, 11) is 0. The van der Waals surface area contributed by atoms with Crippen molar-refractivity contribution in [3.05, 3.63) is 35.4 Å². The van der Waals surface area contributed by atoms with E-state index >= 15 is 0 Å². The Balaban J connectivity index is 1.43. The lowest BCUT2D eigenvalue weighted by Crippen LogP contribution is -2.37. The Morgan fingerprint density at radius 3 is 2.43 bits per heavy atom. The van der Waals surface area contributed by atoms with Gasteiger partial charge in [0, 0.05) is 32.2 Å². The lowest BCUT2D eigenvalue weighted by Gasteiger charge is -2.33. The van der Waals surface area contributed by atoms with Crippen molar-refractivity contribution >= 4 is 12.0 Å². The first kappa shape index (κ1) is 22.6. The molecule has 2 aliphatic rings. The highest BCUT2D eigenvalue weighted by molar-refractivity contribution is 5.80. The van der Waals surface area contributed by atoms with Crippen molar-refractivity contribution in [1.82, 2.24) is 15.1 Å². The van der Waals surface area contributed by atoms with Crippen LogP contribution in [0.15, 0.2) is 24.3 Å². The van der Waals surface area contributed by atoms with Gasteiger partial charge in [-0.25, -0.2) is 4.79 Å². The van der Waals surface area contributed by atoms with E-state index < -0.39 is 5.60 Å². The number of piperidine rings is 1. The monoisotopic (exact) mass is 415 g/mol. The van der Waals surface area contributed by atoms with E-state index in [0.717, 1.165) is 12.1 Å². The van der Waals surface area contributed by atoms with Crippen molar-refractivity contribution in [3.8, 4) is 0 Å². The molecule has 6 nitrogen and oxygen atoms in total. The number of benzene rings is 1. The molecule has 3 rings (SSSR count). The minimum Gasteiger partial charge on any atom is -0.444 e. The average Bonchev–Trinajstić information content (AvgIpc) is 3.18. The number of nitrogens with zero attached hydrogens (tertiary/aromatic N) is 2. The van der Waals surface area contributed by atoms with E-state index in [1.54, 1.807) is 4.90 Å². The van der Waals surface area contributed by atoms with Gasteiger partial charge in [0.25, 0.3) is 0 Å². The first-order valence-electron chi connectivity index (χ1n) is 11.3. The van der Waals surface area contributed by atoms with Gasteiger partial charge in [-0.3, -0.25) is 9.69 Å². The van der Waals surface area contributed by atoms with Gasteiger partial charge in [0.2, 0.25) is 5.91 Å². The first-order chi connectivity index (χ1) is 14.2. The standard InChI is InChI=1S/C24H37N3O3/c1-18-7-5-6-13-26(18)16-20-10-8-19(9-11-20)15-25-22(28)21-12-14-27(17-21)23(29)30-24(2,3)4/h8-11,18,21H,5-7,12-17H2,1-4H3,(H,25,28). The molecule has 0 spiro atoms. The Hall–Kier alpha value is -2.08. The number of hydrogen-bond acceptors (Lipinski definition) is 4. The third-order valence-corrected chi connectivity index (χ3v) is 6.03. The zero-order valence-corrected chi connectivity index (χ0v) is 18.9. The van der Waals surface area contributed by atoms with E-state index in [2.05, 4.69) is 41.4 Å². The Kier molecular flexibility index (Phi) is 7.40. The molecule has 2 fully saturated rings. The van der Waals surface area contributed by atoms with E-state index in [4.69, 9.17) is 4.74 Å². The van der Waals surface area contributed by atoms with Gasteiger partial charge in [0.05, 0.1) is 5.92 Å². The second-order valence-corrected chi connectivity index (χ2v) is 9.76. The highest BCUT2D eigenvalue weighted by Gasteiger charge is 2.33. The number of carbonyl (C=O) groups excluding carboxylic acids is 2. The van der Waals surface area contributed by atoms with Crippen LogP contribution in [0.3, 0.4) is 0 Å². The molecule has 166 valence electrons. The van der Waals surface area contributed by atoms with Crippen LogP contribution in [0.25, 0.3) is 0 Å². The fraction of sp³-hybridized carbons (Fsp3) is 0.667. The molecular weight excluding hydrogens is 378 g/mol. The number of likely N-dealkylation sites (tertiary alicyclic amines) is 2. The van der Waals surface area contributed by atoms with E-state index in [9.17, 15) is 9.59 Å². The summed E-state index contributed by atoms with van der Waals surface area (Å²) in [4.78, 5) is 28.9. The van der Waals surface area contributed by atoms with Crippen LogP contribution in [0.4, 0.5) is 4.79 Å². The topological polar surface area (TPSA) is 61.9 Å². The summed E-state index contributed by atoms with van der Waals surface area (Å²) in [6, 6.07) is 9.20. The van der Waals surface area contributed by atoms with Crippen LogP contribution in [-0.2, 0) is 22.6 Å². The second-order valence-electron chi connectivity index (χ2n) is 9.76. The Morgan fingerprint density at radius 1 is 1.07 bits per heavy atom. The predicted molar refractivity (Wildman–Crippen MR) is 118 cm³/mol. The average molecular weight is 416 g/mol. The van der Waals surface area contributed by atoms with Crippen LogP contribution in [0.2, 0.25) is 0 Å². The summed E-state index contributed by atoms with van der Waals surface area (Å²) < 4.78 is 5.40. The molecule has 2 heterocycles. The van der Waals surface area contributed by atoms with E-state index in [-0.39, 0.29) is 17.9 Å². The molecule has 6 heteroatoms. The van der Waals surface area contributed by atoms with Gasteiger partial charge in [-0.2, -0.15) is 0 Å². The molecule has 0 aliphatic carbocycles. The molecule has 1 aromatic carbocycles. The minimum atomic E-state index is -0.518. The van der Waals surface area contributed by atoms with Gasteiger partial charge in [0.15, 0.2) is 0 Å². The van der Waals surface area contributed by atoms with E-state index in [0.29, 0.717) is 32.1 Å². The summed E-state index contributed by atoms with van der Waals surface area (Å²) in [5, 5.41) is 3.03. The summed E-state index contributed by atoms with van der Waals surface area (Å²) in [5.41, 5.74) is 1.90. The van der Waals surface area contributed by atoms with E-state index in [1.165, 1.54) is 31.4 Å². The maximum absolute atomic E-state index is 12.5. The van der Waals surface area contributed by atoms with Crippen LogP contribution in [0, 0.1) is 5.92 Å². The normalized spacial score (nSPS) is 22.7. The molecule has 30 heavy (non-hydrogen) atoms. The van der Waals surface area contributed by atoms with Crippen molar-refractivity contribution in [2.24, 2.45) is 5.92 Å². The summed E-state index contributed by atoms with van der Waals surface area (Å²) >= 11 is 0. The van der Waals surface area contributed by atoms with Crippen molar-refractivity contribution in [3.63, 3.8) is 0 Å². The van der Waals surface area contributed by atoms with Crippen LogP contribution in [-0.4, -0.2) is 53.1 Å². The smallest absolute Gasteiger partial charge is 0.410 e. The highest BCUT2D eigenvalue weighted by atomic mass is 16.6. The number of hydrogen-bond donors (Lipinski definition) is 1. The highest BCUT2D eigenvalue weighted by Crippen LogP contribution is 2.21. The Labute approximate surface area is 180 Å². The maximum Gasteiger partial charge on any atom is 0.410 e. The molecular formula is C24H37N3O3. The van der Waals surface area contributed by atoms with Crippen LogP contribution in [0.5, 0.6) is 0 Å². The molecule has 2 aliphatic heterocycles. The zero-order valence-electron chi connectivity index (χ0n) is 18.9. The summed E-state index contributed by atoms with van der Waals surface area (Å²) in [5.74, 6) is -0.162. The summed E-state index contributed by atoms with van der Waals surface area (Å²) in [6.07, 6.45) is 4.26. The van der Waals surface area contributed by atoms with Gasteiger partial charge >= 0.3 is 6.09 Å². The molecule has 0 radical (unpaired) electrons. The number of ether oxygens (including phenoxy) is 1. The van der Waals surface area contributed by atoms with Crippen molar-refractivity contribution in [1.29, 1.82) is 0 Å². The van der Waals surface area contributed by atoms with Gasteiger partial charge < -0.3 is 15.0 Å². The maximum atomic E-state index is 12.5.